The topological polar surface area (TPSA) is 101 Å². The van der Waals surface area contributed by atoms with E-state index in [2.05, 4.69) is 38.1 Å². The number of rotatable bonds is 6. The van der Waals surface area contributed by atoms with Crippen molar-refractivity contribution in [1.29, 1.82) is 0 Å². The minimum atomic E-state index is -0.279. The summed E-state index contributed by atoms with van der Waals surface area (Å²) in [6, 6.07) is 17.4. The number of benzene rings is 2. The number of likely N-dealkylation sites (tertiary alicyclic amines) is 1. The second-order valence-corrected chi connectivity index (χ2v) is 10.8. The molecule has 39 heavy (non-hydrogen) atoms. The number of nitrogens with zero attached hydrogens (tertiary/aromatic N) is 3. The first-order chi connectivity index (χ1) is 19.1. The van der Waals surface area contributed by atoms with Gasteiger partial charge in [0.1, 0.15) is 0 Å². The van der Waals surface area contributed by atoms with Gasteiger partial charge in [-0.15, -0.1) is 0 Å². The molecular weight excluding hydrogens is 492 g/mol. The molecule has 5 atom stereocenters. The van der Waals surface area contributed by atoms with E-state index in [-0.39, 0.29) is 36.0 Å². The SMILES string of the molecule is COC[C@@H]1Nc2ccccc2[C@H]2[C@@H]1CCN2C(=O)[C@H]1CCCC[C@H]1NC(=O)Nc1ccc(-n2cccn2)cc1. The maximum atomic E-state index is 14.1. The summed E-state index contributed by atoms with van der Waals surface area (Å²) in [5.41, 5.74) is 3.87. The maximum absolute atomic E-state index is 14.1. The first kappa shape index (κ1) is 25.4. The molecule has 3 aliphatic rings. The molecule has 204 valence electrons. The second-order valence-electron chi connectivity index (χ2n) is 10.8. The van der Waals surface area contributed by atoms with Crippen LogP contribution in [0.1, 0.15) is 43.7 Å². The molecule has 9 heteroatoms. The number of urea groups is 1. The van der Waals surface area contributed by atoms with Gasteiger partial charge in [0.25, 0.3) is 0 Å². The Balaban J connectivity index is 1.15. The number of carbonyl (C=O) groups excluding carboxylic acids is 2. The average molecular weight is 529 g/mol. The highest BCUT2D eigenvalue weighted by molar-refractivity contribution is 5.90. The summed E-state index contributed by atoms with van der Waals surface area (Å²) in [4.78, 5) is 29.2. The van der Waals surface area contributed by atoms with E-state index in [4.69, 9.17) is 4.74 Å². The molecule has 3 N–H and O–H groups in total. The van der Waals surface area contributed by atoms with Gasteiger partial charge in [0, 0.05) is 49.4 Å². The molecule has 3 amide bonds. The molecule has 2 aromatic carbocycles. The molecule has 6 rings (SSSR count). The molecule has 1 aliphatic carbocycles. The molecule has 3 heterocycles. The summed E-state index contributed by atoms with van der Waals surface area (Å²) in [5, 5.41) is 14.0. The number of hydrogen-bond acceptors (Lipinski definition) is 5. The quantitative estimate of drug-likeness (QED) is 0.435. The van der Waals surface area contributed by atoms with E-state index in [1.54, 1.807) is 18.0 Å². The molecule has 1 saturated carbocycles. The molecule has 1 aromatic heterocycles. The molecule has 1 saturated heterocycles. The van der Waals surface area contributed by atoms with Crippen LogP contribution in [0.2, 0.25) is 0 Å². The van der Waals surface area contributed by atoms with Crippen molar-refractivity contribution in [2.45, 2.75) is 50.2 Å². The van der Waals surface area contributed by atoms with Gasteiger partial charge in [0.15, 0.2) is 0 Å². The Morgan fingerprint density at radius 3 is 2.67 bits per heavy atom. The number of carbonyl (C=O) groups is 2. The van der Waals surface area contributed by atoms with Crippen molar-refractivity contribution in [2.75, 3.05) is 30.9 Å². The van der Waals surface area contributed by atoms with Crippen LogP contribution in [-0.2, 0) is 9.53 Å². The van der Waals surface area contributed by atoms with Gasteiger partial charge in [-0.2, -0.15) is 5.10 Å². The molecule has 0 bridgehead atoms. The summed E-state index contributed by atoms with van der Waals surface area (Å²) in [5.74, 6) is 0.226. The van der Waals surface area contributed by atoms with Gasteiger partial charge in [0.05, 0.1) is 30.3 Å². The summed E-state index contributed by atoms with van der Waals surface area (Å²) < 4.78 is 7.29. The minimum Gasteiger partial charge on any atom is -0.383 e. The number of anilines is 2. The zero-order valence-corrected chi connectivity index (χ0v) is 22.3. The number of aromatic nitrogens is 2. The van der Waals surface area contributed by atoms with Crippen molar-refractivity contribution in [2.24, 2.45) is 11.8 Å². The van der Waals surface area contributed by atoms with Gasteiger partial charge in [-0.05, 0) is 61.2 Å². The van der Waals surface area contributed by atoms with Crippen LogP contribution >= 0.6 is 0 Å². The number of ether oxygens (including phenoxy) is 1. The number of methoxy groups -OCH3 is 1. The van der Waals surface area contributed by atoms with Crippen molar-refractivity contribution in [3.63, 3.8) is 0 Å². The molecule has 0 spiro atoms. The Hall–Kier alpha value is -3.85. The lowest BCUT2D eigenvalue weighted by Crippen LogP contribution is -2.51. The lowest BCUT2D eigenvalue weighted by atomic mass is 9.81. The molecule has 0 radical (unpaired) electrons. The number of hydrogen-bond donors (Lipinski definition) is 3. The van der Waals surface area contributed by atoms with Crippen LogP contribution < -0.4 is 16.0 Å². The summed E-state index contributed by atoms with van der Waals surface area (Å²) in [7, 11) is 1.73. The van der Waals surface area contributed by atoms with Crippen molar-refractivity contribution in [3.8, 4) is 5.69 Å². The van der Waals surface area contributed by atoms with Crippen LogP contribution in [0.4, 0.5) is 16.2 Å². The average Bonchev–Trinajstić information content (AvgIpc) is 3.65. The largest absolute Gasteiger partial charge is 0.383 e. The van der Waals surface area contributed by atoms with Gasteiger partial charge in [-0.3, -0.25) is 4.79 Å². The van der Waals surface area contributed by atoms with Crippen molar-refractivity contribution in [3.05, 3.63) is 72.6 Å². The summed E-state index contributed by atoms with van der Waals surface area (Å²) in [6.07, 6.45) is 8.13. The van der Waals surface area contributed by atoms with Crippen LogP contribution in [0.25, 0.3) is 5.69 Å². The number of fused-ring (bicyclic) bond motifs is 3. The summed E-state index contributed by atoms with van der Waals surface area (Å²) >= 11 is 0. The van der Waals surface area contributed by atoms with E-state index in [1.165, 1.54) is 5.56 Å². The van der Waals surface area contributed by atoms with E-state index >= 15 is 0 Å². The Kier molecular flexibility index (Phi) is 7.24. The highest BCUT2D eigenvalue weighted by Crippen LogP contribution is 2.47. The Labute approximate surface area is 228 Å². The van der Waals surface area contributed by atoms with Crippen molar-refractivity contribution >= 4 is 23.3 Å². The van der Waals surface area contributed by atoms with Crippen LogP contribution in [-0.4, -0.2) is 59.0 Å². The van der Waals surface area contributed by atoms with Crippen LogP contribution in [0.15, 0.2) is 67.0 Å². The van der Waals surface area contributed by atoms with E-state index < -0.39 is 0 Å². The fourth-order valence-electron chi connectivity index (χ4n) is 6.69. The van der Waals surface area contributed by atoms with Crippen LogP contribution in [0.5, 0.6) is 0 Å². The smallest absolute Gasteiger partial charge is 0.319 e. The Morgan fingerprint density at radius 2 is 1.87 bits per heavy atom. The first-order valence-electron chi connectivity index (χ1n) is 13.9. The lowest BCUT2D eigenvalue weighted by Gasteiger charge is -2.41. The summed E-state index contributed by atoms with van der Waals surface area (Å²) in [6.45, 7) is 1.33. The normalized spacial score (nSPS) is 25.8. The second kappa shape index (κ2) is 11.1. The number of nitrogens with one attached hydrogen (secondary N) is 3. The number of amides is 3. The minimum absolute atomic E-state index is 0.0276. The van der Waals surface area contributed by atoms with E-state index in [1.807, 2.05) is 48.7 Å². The predicted molar refractivity (Wildman–Crippen MR) is 150 cm³/mol. The molecule has 2 fully saturated rings. The van der Waals surface area contributed by atoms with Crippen molar-refractivity contribution in [1.82, 2.24) is 20.0 Å². The molecule has 3 aromatic rings. The third kappa shape index (κ3) is 5.11. The zero-order valence-electron chi connectivity index (χ0n) is 22.3. The Bertz CT molecular complexity index is 1290. The monoisotopic (exact) mass is 528 g/mol. The highest BCUT2D eigenvalue weighted by Gasteiger charge is 2.48. The van der Waals surface area contributed by atoms with E-state index in [9.17, 15) is 9.59 Å². The van der Waals surface area contributed by atoms with Gasteiger partial charge in [-0.25, -0.2) is 9.48 Å². The maximum Gasteiger partial charge on any atom is 0.319 e. The fraction of sp³-hybridized carbons (Fsp3) is 0.433. The van der Waals surface area contributed by atoms with E-state index in [0.717, 1.165) is 50.0 Å². The van der Waals surface area contributed by atoms with Gasteiger partial charge in [-0.1, -0.05) is 31.0 Å². The molecular formula is C30H36N6O3. The van der Waals surface area contributed by atoms with Crippen LogP contribution in [0.3, 0.4) is 0 Å². The number of para-hydroxylation sites is 1. The third-order valence-electron chi connectivity index (χ3n) is 8.50. The fourth-order valence-corrected chi connectivity index (χ4v) is 6.69. The van der Waals surface area contributed by atoms with Gasteiger partial charge >= 0.3 is 6.03 Å². The standard InChI is InChI=1S/C30H36N6O3/c1-39-19-27-23-15-18-35(28(23)22-7-2-4-9-25(22)33-27)29(37)24-8-3-5-10-26(24)34-30(38)32-20-11-13-21(14-12-20)36-17-6-16-31-36/h2,4,6-7,9,11-14,16-17,23-24,26-28,33H,3,5,8,10,15,18-19H2,1H3,(H2,32,34,38)/t23-,24+,26-,27+,28+/m1/s1. The van der Waals surface area contributed by atoms with E-state index in [0.29, 0.717) is 18.2 Å². The van der Waals surface area contributed by atoms with Gasteiger partial charge < -0.3 is 25.6 Å². The first-order valence-corrected chi connectivity index (χ1v) is 13.9. The van der Waals surface area contributed by atoms with Crippen LogP contribution in [0, 0.1) is 11.8 Å². The predicted octanol–water partition coefficient (Wildman–Crippen LogP) is 4.58. The Morgan fingerprint density at radius 1 is 1.05 bits per heavy atom. The highest BCUT2D eigenvalue weighted by atomic mass is 16.5. The zero-order chi connectivity index (χ0) is 26.8. The van der Waals surface area contributed by atoms with Gasteiger partial charge in [0.2, 0.25) is 5.91 Å². The van der Waals surface area contributed by atoms with Crippen molar-refractivity contribution < 1.29 is 14.3 Å². The molecule has 2 aliphatic heterocycles. The third-order valence-corrected chi connectivity index (χ3v) is 8.50. The molecule has 0 unspecified atom stereocenters. The molecule has 9 nitrogen and oxygen atoms in total. The lowest BCUT2D eigenvalue weighted by molar-refractivity contribution is -0.138.